The molecule has 1 N–H and O–H groups in total. The van der Waals surface area contributed by atoms with Crippen LogP contribution in [0.5, 0.6) is 11.5 Å². The van der Waals surface area contributed by atoms with Gasteiger partial charge in [0.05, 0.1) is 23.9 Å². The first-order chi connectivity index (χ1) is 13.2. The van der Waals surface area contributed by atoms with E-state index in [-0.39, 0.29) is 5.91 Å². The molecular formula is C20H18ClN3O3. The maximum Gasteiger partial charge on any atom is 0.251 e. The maximum atomic E-state index is 12.4. The molecule has 0 fully saturated rings. The van der Waals surface area contributed by atoms with Gasteiger partial charge < -0.3 is 14.8 Å². The van der Waals surface area contributed by atoms with E-state index in [1.807, 2.05) is 30.5 Å². The molecular weight excluding hydrogens is 366 g/mol. The Kier molecular flexibility index (Phi) is 4.98. The third-order valence-electron chi connectivity index (χ3n) is 4.21. The number of hydrogen-bond donors (Lipinski definition) is 1. The molecule has 2 aromatic carbocycles. The zero-order valence-corrected chi connectivity index (χ0v) is 15.3. The molecule has 1 aliphatic rings. The van der Waals surface area contributed by atoms with Crippen molar-refractivity contribution in [2.45, 2.75) is 13.0 Å². The number of carbonyl (C=O) groups excluding carboxylic acids is 1. The van der Waals surface area contributed by atoms with Crippen molar-refractivity contribution in [2.24, 2.45) is 0 Å². The summed E-state index contributed by atoms with van der Waals surface area (Å²) in [6, 6.07) is 12.7. The van der Waals surface area contributed by atoms with Crippen molar-refractivity contribution in [3.05, 3.63) is 71.0 Å². The number of fused-ring (bicyclic) bond motifs is 1. The molecule has 0 bridgehead atoms. The van der Waals surface area contributed by atoms with Crippen molar-refractivity contribution >= 4 is 17.5 Å². The topological polar surface area (TPSA) is 65.4 Å². The normalized spacial score (nSPS) is 13.1. The lowest BCUT2D eigenvalue weighted by molar-refractivity contribution is 0.0951. The number of benzene rings is 2. The molecule has 1 aliphatic heterocycles. The van der Waals surface area contributed by atoms with Crippen molar-refractivity contribution in [3.63, 3.8) is 0 Å². The molecule has 0 radical (unpaired) electrons. The Morgan fingerprint density at radius 1 is 1.19 bits per heavy atom. The molecule has 0 aliphatic carbocycles. The Morgan fingerprint density at radius 2 is 2.00 bits per heavy atom. The van der Waals surface area contributed by atoms with E-state index in [9.17, 15) is 4.79 Å². The van der Waals surface area contributed by atoms with Crippen LogP contribution in [-0.4, -0.2) is 28.9 Å². The standard InChI is InChI=1S/C20H18ClN3O3/c21-17-11-14(12-18-19(17)27-10-2-9-26-18)13-22-20(25)15-3-5-16(6-4-15)24-8-1-7-23-24/h1,3-8,11-12H,2,9-10,13H2,(H,22,25). The van der Waals surface area contributed by atoms with E-state index in [1.54, 1.807) is 29.1 Å². The van der Waals surface area contributed by atoms with Gasteiger partial charge in [-0.3, -0.25) is 4.79 Å². The summed E-state index contributed by atoms with van der Waals surface area (Å²) in [5.74, 6) is 1.02. The lowest BCUT2D eigenvalue weighted by atomic mass is 10.1. The van der Waals surface area contributed by atoms with Crippen LogP contribution in [0.2, 0.25) is 5.02 Å². The minimum Gasteiger partial charge on any atom is -0.489 e. The Balaban J connectivity index is 1.43. The van der Waals surface area contributed by atoms with E-state index in [0.29, 0.717) is 41.8 Å². The average Bonchev–Trinajstić information content (AvgIpc) is 3.12. The third kappa shape index (κ3) is 3.90. The number of halogens is 1. The van der Waals surface area contributed by atoms with Gasteiger partial charge in [0.15, 0.2) is 11.5 Å². The minimum atomic E-state index is -0.162. The monoisotopic (exact) mass is 383 g/mol. The van der Waals surface area contributed by atoms with Gasteiger partial charge in [0.25, 0.3) is 5.91 Å². The van der Waals surface area contributed by atoms with E-state index in [4.69, 9.17) is 21.1 Å². The number of ether oxygens (including phenoxy) is 2. The molecule has 0 unspecified atom stereocenters. The van der Waals surface area contributed by atoms with Gasteiger partial charge in [0.1, 0.15) is 0 Å². The number of aromatic nitrogens is 2. The van der Waals surface area contributed by atoms with Crippen LogP contribution < -0.4 is 14.8 Å². The summed E-state index contributed by atoms with van der Waals surface area (Å²) in [5, 5.41) is 7.56. The van der Waals surface area contributed by atoms with Crippen LogP contribution in [0.1, 0.15) is 22.3 Å². The molecule has 1 amide bonds. The summed E-state index contributed by atoms with van der Waals surface area (Å²) >= 11 is 6.29. The first kappa shape index (κ1) is 17.4. The Labute approximate surface area is 161 Å². The van der Waals surface area contributed by atoms with Crippen LogP contribution in [0.3, 0.4) is 0 Å². The van der Waals surface area contributed by atoms with Crippen LogP contribution >= 0.6 is 11.6 Å². The number of rotatable bonds is 4. The van der Waals surface area contributed by atoms with Gasteiger partial charge in [-0.25, -0.2) is 4.68 Å². The molecule has 2 heterocycles. The smallest absolute Gasteiger partial charge is 0.251 e. The van der Waals surface area contributed by atoms with Gasteiger partial charge in [0, 0.05) is 30.9 Å². The third-order valence-corrected chi connectivity index (χ3v) is 4.49. The predicted molar refractivity (Wildman–Crippen MR) is 102 cm³/mol. The van der Waals surface area contributed by atoms with Gasteiger partial charge in [-0.15, -0.1) is 0 Å². The maximum absolute atomic E-state index is 12.4. The Morgan fingerprint density at radius 3 is 2.78 bits per heavy atom. The molecule has 138 valence electrons. The van der Waals surface area contributed by atoms with E-state index in [2.05, 4.69) is 10.4 Å². The summed E-state index contributed by atoms with van der Waals surface area (Å²) in [7, 11) is 0. The Hall–Kier alpha value is -2.99. The fourth-order valence-corrected chi connectivity index (χ4v) is 3.15. The fraction of sp³-hybridized carbons (Fsp3) is 0.200. The molecule has 0 atom stereocenters. The van der Waals surface area contributed by atoms with Crippen molar-refractivity contribution in [3.8, 4) is 17.2 Å². The quantitative estimate of drug-likeness (QED) is 0.747. The van der Waals surface area contributed by atoms with Crippen molar-refractivity contribution < 1.29 is 14.3 Å². The lowest BCUT2D eigenvalue weighted by Gasteiger charge is -2.12. The van der Waals surface area contributed by atoms with E-state index < -0.39 is 0 Å². The Bertz CT molecular complexity index is 940. The van der Waals surface area contributed by atoms with Gasteiger partial charge in [-0.05, 0) is 48.0 Å². The predicted octanol–water partition coefficient (Wildman–Crippen LogP) is 3.62. The van der Waals surface area contributed by atoms with Crippen LogP contribution in [0, 0.1) is 0 Å². The van der Waals surface area contributed by atoms with Crippen LogP contribution in [0.15, 0.2) is 54.9 Å². The molecule has 4 rings (SSSR count). The second kappa shape index (κ2) is 7.72. The highest BCUT2D eigenvalue weighted by molar-refractivity contribution is 6.32. The van der Waals surface area contributed by atoms with E-state index in [0.717, 1.165) is 17.7 Å². The highest BCUT2D eigenvalue weighted by Gasteiger charge is 2.16. The highest BCUT2D eigenvalue weighted by atomic mass is 35.5. The number of hydrogen-bond acceptors (Lipinski definition) is 4. The molecule has 1 aromatic heterocycles. The zero-order valence-electron chi connectivity index (χ0n) is 14.5. The second-order valence-corrected chi connectivity index (χ2v) is 6.54. The van der Waals surface area contributed by atoms with Gasteiger partial charge in [-0.1, -0.05) is 11.6 Å². The van der Waals surface area contributed by atoms with Crippen LogP contribution in [-0.2, 0) is 6.54 Å². The summed E-state index contributed by atoms with van der Waals surface area (Å²) in [6.07, 6.45) is 4.37. The molecule has 6 nitrogen and oxygen atoms in total. The largest absolute Gasteiger partial charge is 0.489 e. The highest BCUT2D eigenvalue weighted by Crippen LogP contribution is 2.37. The molecule has 3 aromatic rings. The SMILES string of the molecule is O=C(NCc1cc(Cl)c2c(c1)OCCCO2)c1ccc(-n2cccn2)cc1. The first-order valence-electron chi connectivity index (χ1n) is 8.67. The number of nitrogens with one attached hydrogen (secondary N) is 1. The minimum absolute atomic E-state index is 0.162. The number of amides is 1. The first-order valence-corrected chi connectivity index (χ1v) is 9.05. The van der Waals surface area contributed by atoms with Crippen molar-refractivity contribution in [1.82, 2.24) is 15.1 Å². The summed E-state index contributed by atoms with van der Waals surface area (Å²) in [5.41, 5.74) is 2.32. The zero-order chi connectivity index (χ0) is 18.6. The summed E-state index contributed by atoms with van der Waals surface area (Å²) < 4.78 is 13.0. The summed E-state index contributed by atoms with van der Waals surface area (Å²) in [6.45, 7) is 1.51. The average molecular weight is 384 g/mol. The summed E-state index contributed by atoms with van der Waals surface area (Å²) in [4.78, 5) is 12.4. The van der Waals surface area contributed by atoms with Crippen LogP contribution in [0.25, 0.3) is 5.69 Å². The fourth-order valence-electron chi connectivity index (χ4n) is 2.86. The van der Waals surface area contributed by atoms with Gasteiger partial charge >= 0.3 is 0 Å². The van der Waals surface area contributed by atoms with Crippen molar-refractivity contribution in [1.29, 1.82) is 0 Å². The van der Waals surface area contributed by atoms with Gasteiger partial charge in [0.2, 0.25) is 0 Å². The molecule has 27 heavy (non-hydrogen) atoms. The molecule has 0 saturated carbocycles. The van der Waals surface area contributed by atoms with E-state index >= 15 is 0 Å². The van der Waals surface area contributed by atoms with Crippen molar-refractivity contribution in [2.75, 3.05) is 13.2 Å². The second-order valence-electron chi connectivity index (χ2n) is 6.14. The molecule has 7 heteroatoms. The van der Waals surface area contributed by atoms with Gasteiger partial charge in [-0.2, -0.15) is 5.10 Å². The van der Waals surface area contributed by atoms with Crippen LogP contribution in [0.4, 0.5) is 0 Å². The number of nitrogens with zero attached hydrogens (tertiary/aromatic N) is 2. The molecule has 0 saturated heterocycles. The molecule has 0 spiro atoms. The lowest BCUT2D eigenvalue weighted by Crippen LogP contribution is -2.22. The number of carbonyl (C=O) groups is 1. The van der Waals surface area contributed by atoms with E-state index in [1.165, 1.54) is 0 Å².